The summed E-state index contributed by atoms with van der Waals surface area (Å²) in [6, 6.07) is 41.2. The molecule has 0 aliphatic carbocycles. The number of aromatic nitrogens is 3. The van der Waals surface area contributed by atoms with E-state index in [1.807, 2.05) is 84.9 Å². The minimum atomic E-state index is -0.439. The molecule has 0 aliphatic heterocycles. The molecule has 0 amide bonds. The van der Waals surface area contributed by atoms with Crippen LogP contribution in [0, 0.1) is 0 Å². The summed E-state index contributed by atoms with van der Waals surface area (Å²) in [5, 5.41) is 4.02. The Balaban J connectivity index is 1.12. The van der Waals surface area contributed by atoms with Crippen molar-refractivity contribution in [3.63, 3.8) is 0 Å². The fourth-order valence-corrected chi connectivity index (χ4v) is 6.67. The normalized spacial score (nSPS) is 13.0. The molecular formula is C45H27N3O2. The van der Waals surface area contributed by atoms with Crippen LogP contribution in [0.3, 0.4) is 0 Å². The number of para-hydroxylation sites is 3. The van der Waals surface area contributed by atoms with Crippen LogP contribution >= 0.6 is 0 Å². The average Bonchev–Trinajstić information content (AvgIpc) is 3.81. The van der Waals surface area contributed by atoms with Crippen molar-refractivity contribution < 1.29 is 15.7 Å². The molecule has 0 aliphatic rings. The van der Waals surface area contributed by atoms with E-state index in [0.717, 1.165) is 60.5 Å². The molecule has 234 valence electrons. The van der Waals surface area contributed by atoms with E-state index in [9.17, 15) is 0 Å². The van der Waals surface area contributed by atoms with E-state index in [-0.39, 0.29) is 17.6 Å². The molecule has 3 aromatic heterocycles. The van der Waals surface area contributed by atoms with E-state index in [1.165, 1.54) is 0 Å². The zero-order chi connectivity index (χ0) is 37.4. The third-order valence-corrected chi connectivity index (χ3v) is 9.03. The number of rotatable bonds is 5. The summed E-state index contributed by atoms with van der Waals surface area (Å²) < 4.78 is 54.6. The van der Waals surface area contributed by atoms with E-state index < -0.39 is 18.1 Å². The second-order valence-electron chi connectivity index (χ2n) is 12.0. The maximum atomic E-state index is 8.54. The maximum Gasteiger partial charge on any atom is 0.164 e. The van der Waals surface area contributed by atoms with Gasteiger partial charge in [-0.25, -0.2) is 15.0 Å². The number of furan rings is 2. The number of nitrogens with zero attached hydrogens (tertiary/aromatic N) is 3. The van der Waals surface area contributed by atoms with Gasteiger partial charge in [-0.3, -0.25) is 0 Å². The summed E-state index contributed by atoms with van der Waals surface area (Å²) >= 11 is 0. The molecule has 0 saturated heterocycles. The lowest BCUT2D eigenvalue weighted by molar-refractivity contribution is 0.665. The topological polar surface area (TPSA) is 65.0 Å². The van der Waals surface area contributed by atoms with Gasteiger partial charge in [-0.1, -0.05) is 139 Å². The van der Waals surface area contributed by atoms with Gasteiger partial charge in [0.2, 0.25) is 0 Å². The van der Waals surface area contributed by atoms with Crippen molar-refractivity contribution in [2.75, 3.05) is 0 Å². The Morgan fingerprint density at radius 1 is 0.380 bits per heavy atom. The Morgan fingerprint density at radius 2 is 0.920 bits per heavy atom. The highest BCUT2D eigenvalue weighted by atomic mass is 16.3. The molecule has 0 spiro atoms. The molecule has 5 heteroatoms. The Hall–Kier alpha value is -6.85. The Labute approximate surface area is 294 Å². The molecule has 0 N–H and O–H groups in total. The number of benzene rings is 7. The van der Waals surface area contributed by atoms with Crippen LogP contribution in [-0.2, 0) is 0 Å². The monoisotopic (exact) mass is 646 g/mol. The molecule has 0 atom stereocenters. The van der Waals surface area contributed by atoms with Gasteiger partial charge in [0, 0.05) is 49.4 Å². The van der Waals surface area contributed by atoms with Crippen LogP contribution in [0.4, 0.5) is 0 Å². The lowest BCUT2D eigenvalue weighted by Crippen LogP contribution is -2.00. The van der Waals surface area contributed by atoms with E-state index in [0.29, 0.717) is 34.2 Å². The van der Waals surface area contributed by atoms with Crippen LogP contribution in [0.5, 0.6) is 0 Å². The van der Waals surface area contributed by atoms with Crippen LogP contribution in [0.2, 0.25) is 0 Å². The molecule has 7 aromatic carbocycles. The maximum absolute atomic E-state index is 8.54. The van der Waals surface area contributed by atoms with Gasteiger partial charge >= 0.3 is 0 Å². The molecule has 0 radical (unpaired) electrons. The Bertz CT molecular complexity index is 3150. The summed E-state index contributed by atoms with van der Waals surface area (Å²) in [6.07, 6.45) is 0. The SMILES string of the molecule is [2H]c1c([2H])c([2H])c(-c2cccc(-c3nc(-c4ccccc4)nc(-c4ccc5c(c4)oc4c(-c6cccc7c6oc6ccccc67)cccc45)n3)c2)c([2H])c1[2H]. The summed E-state index contributed by atoms with van der Waals surface area (Å²) in [5.74, 6) is 1.25. The van der Waals surface area contributed by atoms with Gasteiger partial charge < -0.3 is 8.83 Å². The van der Waals surface area contributed by atoms with E-state index in [1.54, 1.807) is 18.2 Å². The van der Waals surface area contributed by atoms with Gasteiger partial charge in [0.1, 0.15) is 22.3 Å². The third-order valence-electron chi connectivity index (χ3n) is 9.03. The minimum absolute atomic E-state index is 0.108. The highest BCUT2D eigenvalue weighted by Crippen LogP contribution is 2.41. The molecule has 0 bridgehead atoms. The molecular weight excluding hydrogens is 615 g/mol. The molecule has 10 rings (SSSR count). The largest absolute Gasteiger partial charge is 0.455 e. The second kappa shape index (κ2) is 11.4. The average molecular weight is 647 g/mol. The quantitative estimate of drug-likeness (QED) is 0.186. The van der Waals surface area contributed by atoms with Crippen molar-refractivity contribution >= 4 is 43.9 Å². The molecule has 0 unspecified atom stereocenters. The van der Waals surface area contributed by atoms with Gasteiger partial charge in [-0.05, 0) is 35.4 Å². The molecule has 0 fully saturated rings. The van der Waals surface area contributed by atoms with Crippen LogP contribution < -0.4 is 0 Å². The third kappa shape index (κ3) is 4.67. The first kappa shape index (κ1) is 23.5. The first-order valence-electron chi connectivity index (χ1n) is 18.7. The molecule has 10 aromatic rings. The smallest absolute Gasteiger partial charge is 0.164 e. The van der Waals surface area contributed by atoms with Gasteiger partial charge in [-0.2, -0.15) is 0 Å². The predicted octanol–water partition coefficient (Wildman–Crippen LogP) is 12.0. The van der Waals surface area contributed by atoms with Gasteiger partial charge in [0.15, 0.2) is 17.5 Å². The molecule has 0 saturated carbocycles. The first-order valence-corrected chi connectivity index (χ1v) is 16.2. The van der Waals surface area contributed by atoms with Crippen molar-refractivity contribution in [1.82, 2.24) is 15.0 Å². The molecule has 3 heterocycles. The van der Waals surface area contributed by atoms with Gasteiger partial charge in [-0.15, -0.1) is 0 Å². The van der Waals surface area contributed by atoms with E-state index in [2.05, 4.69) is 30.3 Å². The molecule has 5 nitrogen and oxygen atoms in total. The van der Waals surface area contributed by atoms with Crippen LogP contribution in [0.1, 0.15) is 6.85 Å². The fourth-order valence-electron chi connectivity index (χ4n) is 6.67. The highest BCUT2D eigenvalue weighted by Gasteiger charge is 2.19. The van der Waals surface area contributed by atoms with Crippen LogP contribution in [-0.4, -0.2) is 15.0 Å². The fraction of sp³-hybridized carbons (Fsp3) is 0. The van der Waals surface area contributed by atoms with E-state index in [4.69, 9.17) is 30.6 Å². The highest BCUT2D eigenvalue weighted by molar-refractivity contribution is 6.15. The number of hydrogen-bond acceptors (Lipinski definition) is 5. The minimum Gasteiger partial charge on any atom is -0.455 e. The van der Waals surface area contributed by atoms with Crippen LogP contribution in [0.15, 0.2) is 173 Å². The van der Waals surface area contributed by atoms with Gasteiger partial charge in [0.25, 0.3) is 0 Å². The standard InChI is InChI=1S/C45H27N3O2/c1-3-12-28(13-4-1)30-16-9-17-31(26-30)44-46-43(29-14-5-2-6-15-29)47-45(48-44)32-24-25-34-36-20-11-22-38(42(36)50-40(34)27-32)37-21-10-19-35-33-18-7-8-23-39(33)49-41(35)37/h1-27H/i1D,3D,4D,12D,13D. The summed E-state index contributed by atoms with van der Waals surface area (Å²) in [4.78, 5) is 14.7. The number of hydrogen-bond donors (Lipinski definition) is 0. The van der Waals surface area contributed by atoms with Gasteiger partial charge in [0.05, 0.1) is 6.85 Å². The summed E-state index contributed by atoms with van der Waals surface area (Å²) in [5.41, 5.74) is 7.59. The molecule has 50 heavy (non-hydrogen) atoms. The summed E-state index contributed by atoms with van der Waals surface area (Å²) in [7, 11) is 0. The van der Waals surface area contributed by atoms with Crippen LogP contribution in [0.25, 0.3) is 100 Å². The number of fused-ring (bicyclic) bond motifs is 6. The zero-order valence-corrected chi connectivity index (χ0v) is 26.4. The lowest BCUT2D eigenvalue weighted by Gasteiger charge is -2.09. The van der Waals surface area contributed by atoms with Crippen molar-refractivity contribution in [3.8, 4) is 56.4 Å². The summed E-state index contributed by atoms with van der Waals surface area (Å²) in [6.45, 7) is 0. The van der Waals surface area contributed by atoms with Crippen molar-refractivity contribution in [3.05, 3.63) is 164 Å². The second-order valence-corrected chi connectivity index (χ2v) is 12.0. The zero-order valence-electron chi connectivity index (χ0n) is 31.4. The Kier molecular flexibility index (Phi) is 5.35. The van der Waals surface area contributed by atoms with Crippen molar-refractivity contribution in [1.29, 1.82) is 0 Å². The van der Waals surface area contributed by atoms with E-state index >= 15 is 0 Å². The predicted molar refractivity (Wildman–Crippen MR) is 202 cm³/mol. The Morgan fingerprint density at radius 3 is 1.66 bits per heavy atom. The van der Waals surface area contributed by atoms with Crippen molar-refractivity contribution in [2.24, 2.45) is 0 Å². The van der Waals surface area contributed by atoms with Crippen molar-refractivity contribution in [2.45, 2.75) is 0 Å². The first-order chi connectivity index (χ1) is 26.8. The lowest BCUT2D eigenvalue weighted by atomic mass is 10.00.